The van der Waals surface area contributed by atoms with E-state index >= 15 is 0 Å². The minimum atomic E-state index is -0.532. The summed E-state index contributed by atoms with van der Waals surface area (Å²) in [6.45, 7) is 8.14. The zero-order valence-corrected chi connectivity index (χ0v) is 12.7. The Hall–Kier alpha value is -2.12. The highest BCUT2D eigenvalue weighted by molar-refractivity contribution is 5.68. The van der Waals surface area contributed by atoms with Crippen LogP contribution in [0.5, 0.6) is 0 Å². The highest BCUT2D eigenvalue weighted by atomic mass is 16.6. The predicted molar refractivity (Wildman–Crippen MR) is 75.1 cm³/mol. The quantitative estimate of drug-likeness (QED) is 0.617. The average Bonchev–Trinajstić information content (AvgIpc) is 2.92. The molecular weight excluding hydrogens is 276 g/mol. The molecule has 0 spiro atoms. The van der Waals surface area contributed by atoms with Crippen LogP contribution in [0, 0.1) is 17.0 Å². The third kappa shape index (κ3) is 3.32. The summed E-state index contributed by atoms with van der Waals surface area (Å²) in [5, 5.41) is 14.9. The number of hydrogen-bond donors (Lipinski definition) is 0. The fraction of sp³-hybridized carbons (Fsp3) is 0.692. The van der Waals surface area contributed by atoms with Gasteiger partial charge in [0.1, 0.15) is 17.5 Å². The molecule has 0 N–H and O–H groups in total. The number of rotatable bonds is 2. The molecule has 0 saturated carbocycles. The fourth-order valence-electron chi connectivity index (χ4n) is 2.40. The van der Waals surface area contributed by atoms with Crippen LogP contribution in [0.25, 0.3) is 0 Å². The van der Waals surface area contributed by atoms with Gasteiger partial charge in [-0.15, -0.1) is 0 Å². The normalized spacial score (nSPS) is 18.9. The van der Waals surface area contributed by atoms with Crippen molar-refractivity contribution in [3.63, 3.8) is 0 Å². The van der Waals surface area contributed by atoms with Crippen molar-refractivity contribution >= 4 is 11.8 Å². The molecule has 0 aromatic carbocycles. The molecule has 8 heteroatoms. The third-order valence-corrected chi connectivity index (χ3v) is 3.38. The van der Waals surface area contributed by atoms with E-state index in [1.165, 1.54) is 6.20 Å². The summed E-state index contributed by atoms with van der Waals surface area (Å²) in [5.74, 6) is 0. The zero-order valence-electron chi connectivity index (χ0n) is 12.7. The van der Waals surface area contributed by atoms with Crippen LogP contribution in [0.2, 0.25) is 0 Å². The van der Waals surface area contributed by atoms with E-state index in [0.29, 0.717) is 25.2 Å². The van der Waals surface area contributed by atoms with E-state index in [0.717, 1.165) is 0 Å². The number of nitro groups is 1. The molecule has 1 amide bonds. The minimum Gasteiger partial charge on any atom is -0.444 e. The molecule has 1 aliphatic rings. The second-order valence-electron chi connectivity index (χ2n) is 6.19. The number of likely N-dealkylation sites (tertiary alicyclic amines) is 1. The van der Waals surface area contributed by atoms with Crippen molar-refractivity contribution in [1.29, 1.82) is 0 Å². The number of nitrogens with zero attached hydrogens (tertiary/aromatic N) is 4. The largest absolute Gasteiger partial charge is 0.444 e. The lowest BCUT2D eigenvalue weighted by atomic mass is 10.2. The van der Waals surface area contributed by atoms with Crippen molar-refractivity contribution < 1.29 is 14.5 Å². The Labute approximate surface area is 122 Å². The smallest absolute Gasteiger partial charge is 0.410 e. The van der Waals surface area contributed by atoms with Gasteiger partial charge >= 0.3 is 11.8 Å². The standard InChI is InChI=1S/C13H20N4O4/c1-9-11(17(19)20)7-14-16(9)10-5-6-15(8-10)12(18)21-13(2,3)4/h7,10H,5-6,8H2,1-4H3/t10-/m0/s1. The summed E-state index contributed by atoms with van der Waals surface area (Å²) in [4.78, 5) is 24.0. The molecule has 0 radical (unpaired) electrons. The fourth-order valence-corrected chi connectivity index (χ4v) is 2.40. The molecule has 1 atom stereocenters. The van der Waals surface area contributed by atoms with E-state index < -0.39 is 10.5 Å². The van der Waals surface area contributed by atoms with Crippen LogP contribution in [0.3, 0.4) is 0 Å². The van der Waals surface area contributed by atoms with E-state index in [2.05, 4.69) is 5.10 Å². The minimum absolute atomic E-state index is 0.00529. The highest BCUT2D eigenvalue weighted by Gasteiger charge is 2.32. The van der Waals surface area contributed by atoms with E-state index in [1.807, 2.05) is 20.8 Å². The maximum atomic E-state index is 12.0. The number of carbonyl (C=O) groups is 1. The molecule has 21 heavy (non-hydrogen) atoms. The van der Waals surface area contributed by atoms with Crippen molar-refractivity contribution in [3.8, 4) is 0 Å². The van der Waals surface area contributed by atoms with Crippen LogP contribution in [-0.4, -0.2) is 44.4 Å². The van der Waals surface area contributed by atoms with Gasteiger partial charge in [-0.1, -0.05) is 0 Å². The monoisotopic (exact) mass is 296 g/mol. The molecule has 8 nitrogen and oxygen atoms in total. The van der Waals surface area contributed by atoms with Gasteiger partial charge in [0.25, 0.3) is 0 Å². The van der Waals surface area contributed by atoms with Gasteiger partial charge in [-0.2, -0.15) is 5.10 Å². The molecule has 1 fully saturated rings. The summed E-state index contributed by atoms with van der Waals surface area (Å²) >= 11 is 0. The highest BCUT2D eigenvalue weighted by Crippen LogP contribution is 2.27. The van der Waals surface area contributed by atoms with Crippen LogP contribution >= 0.6 is 0 Å². The first kappa shape index (κ1) is 15.3. The van der Waals surface area contributed by atoms with Crippen molar-refractivity contribution in [2.75, 3.05) is 13.1 Å². The molecule has 0 unspecified atom stereocenters. The number of hydrogen-bond acceptors (Lipinski definition) is 5. The zero-order chi connectivity index (χ0) is 15.8. The average molecular weight is 296 g/mol. The summed E-state index contributed by atoms with van der Waals surface area (Å²) in [7, 11) is 0. The maximum absolute atomic E-state index is 12.0. The summed E-state index contributed by atoms with van der Waals surface area (Å²) in [6.07, 6.45) is 1.61. The van der Waals surface area contributed by atoms with Crippen molar-refractivity contribution in [3.05, 3.63) is 22.0 Å². The maximum Gasteiger partial charge on any atom is 0.410 e. The van der Waals surface area contributed by atoms with E-state index in [4.69, 9.17) is 4.74 Å². The lowest BCUT2D eigenvalue weighted by molar-refractivity contribution is -0.385. The molecular formula is C13H20N4O4. The Bertz CT molecular complexity index is 561. The summed E-state index contributed by atoms with van der Waals surface area (Å²) < 4.78 is 6.96. The number of ether oxygens (including phenoxy) is 1. The number of carbonyl (C=O) groups excluding carboxylic acids is 1. The van der Waals surface area contributed by atoms with Gasteiger partial charge in [0.2, 0.25) is 0 Å². The van der Waals surface area contributed by atoms with Crippen LogP contribution < -0.4 is 0 Å². The van der Waals surface area contributed by atoms with Crippen molar-refractivity contribution in [2.24, 2.45) is 0 Å². The molecule has 0 aliphatic carbocycles. The van der Waals surface area contributed by atoms with Gasteiger partial charge in [0, 0.05) is 13.1 Å². The number of amides is 1. The first-order valence-corrected chi connectivity index (χ1v) is 6.85. The van der Waals surface area contributed by atoms with Crippen molar-refractivity contribution in [1.82, 2.24) is 14.7 Å². The lowest BCUT2D eigenvalue weighted by Gasteiger charge is -2.24. The van der Waals surface area contributed by atoms with Gasteiger partial charge in [-0.25, -0.2) is 4.79 Å². The molecule has 0 bridgehead atoms. The second kappa shape index (κ2) is 5.34. The summed E-state index contributed by atoms with van der Waals surface area (Å²) in [5.41, 5.74) is -0.0167. The van der Waals surface area contributed by atoms with Crippen LogP contribution in [0.4, 0.5) is 10.5 Å². The Kier molecular flexibility index (Phi) is 3.89. The number of aromatic nitrogens is 2. The molecule has 2 heterocycles. The summed E-state index contributed by atoms with van der Waals surface area (Å²) in [6, 6.07) is -0.0498. The van der Waals surface area contributed by atoms with Crippen LogP contribution in [-0.2, 0) is 4.74 Å². The SMILES string of the molecule is Cc1c([N+](=O)[O-])cnn1[C@H]1CCN(C(=O)OC(C)(C)C)C1. The molecule has 2 rings (SSSR count). The third-order valence-electron chi connectivity index (χ3n) is 3.38. The molecule has 1 aliphatic heterocycles. The van der Waals surface area contributed by atoms with Gasteiger partial charge in [0.15, 0.2) is 0 Å². The topological polar surface area (TPSA) is 90.5 Å². The van der Waals surface area contributed by atoms with Gasteiger partial charge in [0.05, 0.1) is 11.0 Å². The lowest BCUT2D eigenvalue weighted by Crippen LogP contribution is -2.35. The van der Waals surface area contributed by atoms with E-state index in [9.17, 15) is 14.9 Å². The Balaban J connectivity index is 2.06. The van der Waals surface area contributed by atoms with E-state index in [-0.39, 0.29) is 17.8 Å². The first-order valence-electron chi connectivity index (χ1n) is 6.85. The van der Waals surface area contributed by atoms with Crippen LogP contribution in [0.1, 0.15) is 38.9 Å². The van der Waals surface area contributed by atoms with E-state index in [1.54, 1.807) is 16.5 Å². The molecule has 1 aromatic rings. The Morgan fingerprint density at radius 3 is 2.71 bits per heavy atom. The second-order valence-corrected chi connectivity index (χ2v) is 6.19. The molecule has 1 saturated heterocycles. The Morgan fingerprint density at radius 1 is 1.52 bits per heavy atom. The van der Waals surface area contributed by atoms with Crippen LogP contribution in [0.15, 0.2) is 6.20 Å². The first-order chi connectivity index (χ1) is 9.69. The van der Waals surface area contributed by atoms with Crippen molar-refractivity contribution in [2.45, 2.75) is 45.8 Å². The Morgan fingerprint density at radius 2 is 2.19 bits per heavy atom. The van der Waals surface area contributed by atoms with Gasteiger partial charge < -0.3 is 9.64 Å². The van der Waals surface area contributed by atoms with Gasteiger partial charge in [-0.05, 0) is 34.1 Å². The molecule has 116 valence electrons. The molecule has 1 aromatic heterocycles. The van der Waals surface area contributed by atoms with Gasteiger partial charge in [-0.3, -0.25) is 14.8 Å². The predicted octanol–water partition coefficient (Wildman–Crippen LogP) is 2.28.